The fraction of sp³-hybridized carbons (Fsp3) is 0.600. The number of hydrogen-bond acceptors (Lipinski definition) is 3. The summed E-state index contributed by atoms with van der Waals surface area (Å²) >= 11 is 0. The molecule has 20 heavy (non-hydrogen) atoms. The number of halogens is 1. The van der Waals surface area contributed by atoms with E-state index in [1.54, 1.807) is 6.20 Å². The highest BCUT2D eigenvalue weighted by molar-refractivity contribution is 5.75. The van der Waals surface area contributed by atoms with E-state index < -0.39 is 11.4 Å². The van der Waals surface area contributed by atoms with Gasteiger partial charge >= 0.3 is 5.97 Å². The molecule has 1 aliphatic heterocycles. The highest BCUT2D eigenvalue weighted by atomic mass is 19.1. The second-order valence-corrected chi connectivity index (χ2v) is 5.63. The Labute approximate surface area is 118 Å². The molecular weight excluding hydrogens is 259 g/mol. The second-order valence-electron chi connectivity index (χ2n) is 5.63. The molecule has 2 rings (SSSR count). The summed E-state index contributed by atoms with van der Waals surface area (Å²) in [7, 11) is 0. The van der Waals surface area contributed by atoms with Crippen molar-refractivity contribution in [2.24, 2.45) is 5.41 Å². The Hall–Kier alpha value is -1.49. The third-order valence-corrected chi connectivity index (χ3v) is 4.49. The Balaban J connectivity index is 2.18. The Kier molecular flexibility index (Phi) is 4.38. The largest absolute Gasteiger partial charge is 0.481 e. The minimum Gasteiger partial charge on any atom is -0.481 e. The first-order valence-electron chi connectivity index (χ1n) is 7.06. The third kappa shape index (κ3) is 2.82. The number of hydrogen-bond donors (Lipinski definition) is 1. The van der Waals surface area contributed by atoms with Gasteiger partial charge in [0, 0.05) is 18.8 Å². The first kappa shape index (κ1) is 14.9. The highest BCUT2D eigenvalue weighted by Gasteiger charge is 2.41. The Bertz CT molecular complexity index is 495. The van der Waals surface area contributed by atoms with Crippen LogP contribution in [0.15, 0.2) is 18.5 Å². The lowest BCUT2D eigenvalue weighted by Crippen LogP contribution is -2.48. The molecule has 1 aliphatic rings. The van der Waals surface area contributed by atoms with Crippen LogP contribution in [0.5, 0.6) is 0 Å². The molecule has 4 nitrogen and oxygen atoms in total. The molecular formula is C15H21FN2O2. The van der Waals surface area contributed by atoms with Crippen LogP contribution in [-0.2, 0) is 4.79 Å². The van der Waals surface area contributed by atoms with Crippen molar-refractivity contribution in [3.05, 3.63) is 29.8 Å². The molecule has 0 bridgehead atoms. The number of nitrogens with zero attached hydrogens (tertiary/aromatic N) is 2. The molecule has 0 amide bonds. The smallest absolute Gasteiger partial charge is 0.310 e. The molecule has 1 fully saturated rings. The Morgan fingerprint density at radius 3 is 2.95 bits per heavy atom. The Morgan fingerprint density at radius 2 is 2.35 bits per heavy atom. The van der Waals surface area contributed by atoms with E-state index in [-0.39, 0.29) is 11.9 Å². The van der Waals surface area contributed by atoms with Crippen LogP contribution in [0.3, 0.4) is 0 Å². The van der Waals surface area contributed by atoms with E-state index in [4.69, 9.17) is 0 Å². The van der Waals surface area contributed by atoms with Gasteiger partial charge in [0.2, 0.25) is 0 Å². The first-order chi connectivity index (χ1) is 9.48. The standard InChI is InChI=1S/C15H21FN2O2/c1-3-15(14(19)20)5-4-6-18(10-15)11(2)12-7-13(16)9-17-8-12/h7-9,11H,3-6,10H2,1-2H3,(H,19,20). The lowest BCUT2D eigenvalue weighted by atomic mass is 9.77. The number of carboxylic acid groups (broad SMARTS) is 1. The van der Waals surface area contributed by atoms with Gasteiger partial charge in [-0.3, -0.25) is 14.7 Å². The summed E-state index contributed by atoms with van der Waals surface area (Å²) in [5.41, 5.74) is 0.120. The predicted octanol–water partition coefficient (Wildman–Crippen LogP) is 2.86. The van der Waals surface area contributed by atoms with Gasteiger partial charge in [-0.2, -0.15) is 0 Å². The van der Waals surface area contributed by atoms with Gasteiger partial charge < -0.3 is 5.11 Å². The van der Waals surface area contributed by atoms with Crippen molar-refractivity contribution >= 4 is 5.97 Å². The van der Waals surface area contributed by atoms with E-state index in [0.29, 0.717) is 19.4 Å². The predicted molar refractivity (Wildman–Crippen MR) is 73.8 cm³/mol. The molecule has 2 unspecified atom stereocenters. The van der Waals surface area contributed by atoms with Gasteiger partial charge in [0.25, 0.3) is 0 Å². The molecule has 2 atom stereocenters. The molecule has 1 aromatic rings. The number of piperidine rings is 1. The summed E-state index contributed by atoms with van der Waals surface area (Å²) in [5.74, 6) is -1.08. The lowest BCUT2D eigenvalue weighted by molar-refractivity contribution is -0.153. The van der Waals surface area contributed by atoms with Gasteiger partial charge in [0.15, 0.2) is 0 Å². The summed E-state index contributed by atoms with van der Waals surface area (Å²) < 4.78 is 13.3. The molecule has 1 N–H and O–H groups in total. The average Bonchev–Trinajstić information content (AvgIpc) is 2.46. The second kappa shape index (κ2) is 5.87. The zero-order valence-electron chi connectivity index (χ0n) is 12.0. The summed E-state index contributed by atoms with van der Waals surface area (Å²) in [5, 5.41) is 9.50. The quantitative estimate of drug-likeness (QED) is 0.921. The van der Waals surface area contributed by atoms with Crippen LogP contribution in [0.25, 0.3) is 0 Å². The minimum atomic E-state index is -0.728. The van der Waals surface area contributed by atoms with E-state index in [0.717, 1.165) is 18.5 Å². The van der Waals surface area contributed by atoms with Crippen LogP contribution in [0.2, 0.25) is 0 Å². The number of pyridine rings is 1. The van der Waals surface area contributed by atoms with Crippen LogP contribution in [0.1, 0.15) is 44.7 Å². The maximum atomic E-state index is 13.3. The minimum absolute atomic E-state index is 0.0243. The molecule has 0 saturated carbocycles. The average molecular weight is 280 g/mol. The van der Waals surface area contributed by atoms with Crippen molar-refractivity contribution in [1.29, 1.82) is 0 Å². The molecule has 1 aromatic heterocycles. The van der Waals surface area contributed by atoms with Crippen molar-refractivity contribution in [3.63, 3.8) is 0 Å². The van der Waals surface area contributed by atoms with Gasteiger partial charge in [-0.05, 0) is 44.4 Å². The first-order valence-corrected chi connectivity index (χ1v) is 7.06. The summed E-state index contributed by atoms with van der Waals surface area (Å²) in [6.07, 6.45) is 5.01. The molecule has 110 valence electrons. The number of aromatic nitrogens is 1. The fourth-order valence-corrected chi connectivity index (χ4v) is 2.98. The van der Waals surface area contributed by atoms with Gasteiger partial charge in [-0.25, -0.2) is 4.39 Å². The SMILES string of the molecule is CCC1(C(=O)O)CCCN(C(C)c2cncc(F)c2)C1. The van der Waals surface area contributed by atoms with E-state index in [9.17, 15) is 14.3 Å². The summed E-state index contributed by atoms with van der Waals surface area (Å²) in [4.78, 5) is 17.6. The third-order valence-electron chi connectivity index (χ3n) is 4.49. The van der Waals surface area contributed by atoms with Crippen LogP contribution >= 0.6 is 0 Å². The van der Waals surface area contributed by atoms with Crippen molar-refractivity contribution in [3.8, 4) is 0 Å². The van der Waals surface area contributed by atoms with E-state index >= 15 is 0 Å². The maximum absolute atomic E-state index is 13.3. The van der Waals surface area contributed by atoms with Gasteiger partial charge in [-0.15, -0.1) is 0 Å². The van der Waals surface area contributed by atoms with Crippen LogP contribution in [-0.4, -0.2) is 34.0 Å². The zero-order valence-corrected chi connectivity index (χ0v) is 12.0. The normalized spacial score (nSPS) is 25.4. The maximum Gasteiger partial charge on any atom is 0.310 e. The number of rotatable bonds is 4. The molecule has 1 saturated heterocycles. The van der Waals surface area contributed by atoms with E-state index in [2.05, 4.69) is 9.88 Å². The number of carboxylic acids is 1. The monoisotopic (exact) mass is 280 g/mol. The molecule has 0 radical (unpaired) electrons. The van der Waals surface area contributed by atoms with Crippen LogP contribution in [0, 0.1) is 11.2 Å². The molecule has 0 spiro atoms. The van der Waals surface area contributed by atoms with Crippen LogP contribution in [0.4, 0.5) is 4.39 Å². The summed E-state index contributed by atoms with van der Waals surface area (Å²) in [6.45, 7) is 5.25. The highest BCUT2D eigenvalue weighted by Crippen LogP contribution is 2.37. The number of carbonyl (C=O) groups is 1. The Morgan fingerprint density at radius 1 is 1.60 bits per heavy atom. The summed E-state index contributed by atoms with van der Waals surface area (Å²) in [6, 6.07) is 1.45. The van der Waals surface area contributed by atoms with Gasteiger partial charge in [-0.1, -0.05) is 6.92 Å². The van der Waals surface area contributed by atoms with E-state index in [1.807, 2.05) is 13.8 Å². The zero-order chi connectivity index (χ0) is 14.8. The van der Waals surface area contributed by atoms with Crippen molar-refractivity contribution < 1.29 is 14.3 Å². The van der Waals surface area contributed by atoms with Crippen LogP contribution < -0.4 is 0 Å². The molecule has 0 aliphatic carbocycles. The molecule has 5 heteroatoms. The fourth-order valence-electron chi connectivity index (χ4n) is 2.98. The van der Waals surface area contributed by atoms with Gasteiger partial charge in [0.05, 0.1) is 11.6 Å². The number of likely N-dealkylation sites (tertiary alicyclic amines) is 1. The van der Waals surface area contributed by atoms with Gasteiger partial charge in [0.1, 0.15) is 5.82 Å². The topological polar surface area (TPSA) is 53.4 Å². The number of aliphatic carboxylic acids is 1. The van der Waals surface area contributed by atoms with E-state index in [1.165, 1.54) is 12.3 Å². The lowest BCUT2D eigenvalue weighted by Gasteiger charge is -2.42. The van der Waals surface area contributed by atoms with Crippen molar-refractivity contribution in [2.45, 2.75) is 39.2 Å². The molecule has 0 aromatic carbocycles. The van der Waals surface area contributed by atoms with Crippen molar-refractivity contribution in [2.75, 3.05) is 13.1 Å². The molecule has 2 heterocycles. The van der Waals surface area contributed by atoms with Crippen molar-refractivity contribution in [1.82, 2.24) is 9.88 Å².